The molecule has 0 saturated heterocycles. The molecule has 0 aromatic heterocycles. The number of halogens is 1. The fourth-order valence-corrected chi connectivity index (χ4v) is 2.92. The Morgan fingerprint density at radius 2 is 1.67 bits per heavy atom. The average Bonchev–Trinajstić information content (AvgIpc) is 2.60. The molecule has 0 bridgehead atoms. The molecule has 130 valence electrons. The molecular formula is C18H22BrNO4. The quantitative estimate of drug-likeness (QED) is 0.669. The van der Waals surface area contributed by atoms with Gasteiger partial charge in [0.25, 0.3) is 0 Å². The van der Waals surface area contributed by atoms with Crippen molar-refractivity contribution in [1.29, 1.82) is 0 Å². The van der Waals surface area contributed by atoms with Crippen molar-refractivity contribution in [2.45, 2.75) is 13.0 Å². The van der Waals surface area contributed by atoms with Gasteiger partial charge in [0.15, 0.2) is 11.5 Å². The van der Waals surface area contributed by atoms with Gasteiger partial charge in [0.1, 0.15) is 11.5 Å². The third-order valence-corrected chi connectivity index (χ3v) is 4.36. The minimum absolute atomic E-state index is 0.176. The lowest BCUT2D eigenvalue weighted by molar-refractivity contribution is 0.369. The smallest absolute Gasteiger partial charge is 0.162 e. The van der Waals surface area contributed by atoms with Crippen LogP contribution in [0.25, 0.3) is 0 Å². The van der Waals surface area contributed by atoms with Crippen molar-refractivity contribution in [3.8, 4) is 23.0 Å². The lowest BCUT2D eigenvalue weighted by atomic mass is 10.1. The summed E-state index contributed by atoms with van der Waals surface area (Å²) < 4.78 is 16.7. The zero-order valence-corrected chi connectivity index (χ0v) is 15.6. The Labute approximate surface area is 150 Å². The second-order valence-electron chi connectivity index (χ2n) is 5.19. The first-order valence-electron chi connectivity index (χ1n) is 7.56. The number of phenols is 1. The molecule has 0 atom stereocenters. The summed E-state index contributed by atoms with van der Waals surface area (Å²) in [6.45, 7) is 1.29. The summed E-state index contributed by atoms with van der Waals surface area (Å²) in [5, 5.41) is 13.4. The highest BCUT2D eigenvalue weighted by Crippen LogP contribution is 2.33. The molecule has 6 heteroatoms. The van der Waals surface area contributed by atoms with E-state index in [9.17, 15) is 5.11 Å². The molecule has 5 nitrogen and oxygen atoms in total. The first-order chi connectivity index (χ1) is 11.6. The molecule has 0 amide bonds. The summed E-state index contributed by atoms with van der Waals surface area (Å²) in [4.78, 5) is 0. The molecule has 0 radical (unpaired) electrons. The van der Waals surface area contributed by atoms with Gasteiger partial charge in [-0.1, -0.05) is 12.1 Å². The first kappa shape index (κ1) is 18.4. The zero-order chi connectivity index (χ0) is 17.5. The topological polar surface area (TPSA) is 60.0 Å². The maximum Gasteiger partial charge on any atom is 0.162 e. The standard InChI is InChI=1S/C18H22BrNO4/c1-22-15-6-4-5-13(18(15)21)11-20-8-7-12-9-17(24-3)14(19)10-16(12)23-2/h4-6,9-10,20-21H,7-8,11H2,1-3H3. The number of aromatic hydroxyl groups is 1. The zero-order valence-electron chi connectivity index (χ0n) is 14.1. The minimum atomic E-state index is 0.176. The van der Waals surface area contributed by atoms with E-state index >= 15 is 0 Å². The highest BCUT2D eigenvalue weighted by Gasteiger charge is 2.10. The monoisotopic (exact) mass is 395 g/mol. The van der Waals surface area contributed by atoms with E-state index in [0.29, 0.717) is 12.3 Å². The van der Waals surface area contributed by atoms with E-state index in [4.69, 9.17) is 14.2 Å². The predicted molar refractivity (Wildman–Crippen MR) is 97.3 cm³/mol. The number of methoxy groups -OCH3 is 3. The van der Waals surface area contributed by atoms with Crippen LogP contribution in [0.3, 0.4) is 0 Å². The van der Waals surface area contributed by atoms with E-state index in [-0.39, 0.29) is 5.75 Å². The average molecular weight is 396 g/mol. The van der Waals surface area contributed by atoms with Crippen molar-refractivity contribution in [2.75, 3.05) is 27.9 Å². The Morgan fingerprint density at radius 3 is 2.33 bits per heavy atom. The highest BCUT2D eigenvalue weighted by molar-refractivity contribution is 9.10. The van der Waals surface area contributed by atoms with Crippen LogP contribution in [0.15, 0.2) is 34.8 Å². The number of ether oxygens (including phenoxy) is 3. The Kier molecular flexibility index (Phi) is 6.75. The minimum Gasteiger partial charge on any atom is -0.504 e. The summed E-state index contributed by atoms with van der Waals surface area (Å²) in [5.74, 6) is 2.24. The summed E-state index contributed by atoms with van der Waals surface area (Å²) in [5.41, 5.74) is 1.86. The van der Waals surface area contributed by atoms with E-state index in [1.165, 1.54) is 0 Å². The van der Waals surface area contributed by atoms with Crippen molar-refractivity contribution in [1.82, 2.24) is 5.32 Å². The van der Waals surface area contributed by atoms with Gasteiger partial charge in [0, 0.05) is 12.1 Å². The van der Waals surface area contributed by atoms with Crippen molar-refractivity contribution in [3.05, 3.63) is 45.9 Å². The van der Waals surface area contributed by atoms with Gasteiger partial charge < -0.3 is 24.6 Å². The number of hydrogen-bond acceptors (Lipinski definition) is 5. The van der Waals surface area contributed by atoms with Crippen LogP contribution in [0.1, 0.15) is 11.1 Å². The molecule has 0 aliphatic rings. The number of rotatable bonds is 8. The van der Waals surface area contributed by atoms with Gasteiger partial charge in [-0.3, -0.25) is 0 Å². The van der Waals surface area contributed by atoms with Gasteiger partial charge in [-0.05, 0) is 52.7 Å². The molecule has 0 saturated carbocycles. The SMILES string of the molecule is COc1cc(CCNCc2cccc(OC)c2O)c(OC)cc1Br. The summed E-state index contributed by atoms with van der Waals surface area (Å²) in [7, 11) is 4.83. The van der Waals surface area contributed by atoms with Crippen LogP contribution in [0, 0.1) is 0 Å². The molecule has 24 heavy (non-hydrogen) atoms. The molecule has 0 aliphatic heterocycles. The molecule has 0 aliphatic carbocycles. The van der Waals surface area contributed by atoms with Gasteiger partial charge in [-0.15, -0.1) is 0 Å². The third-order valence-electron chi connectivity index (χ3n) is 3.74. The lowest BCUT2D eigenvalue weighted by Crippen LogP contribution is -2.17. The second kappa shape index (κ2) is 8.80. The molecule has 0 spiro atoms. The van der Waals surface area contributed by atoms with Crippen molar-refractivity contribution >= 4 is 15.9 Å². The molecule has 2 aromatic rings. The summed E-state index contributed by atoms with van der Waals surface area (Å²) in [6, 6.07) is 9.33. The lowest BCUT2D eigenvalue weighted by Gasteiger charge is -2.13. The van der Waals surface area contributed by atoms with Gasteiger partial charge in [0.05, 0.1) is 25.8 Å². The number of para-hydroxylation sites is 1. The number of benzene rings is 2. The maximum atomic E-state index is 10.1. The summed E-state index contributed by atoms with van der Waals surface area (Å²) >= 11 is 3.46. The third kappa shape index (κ3) is 4.33. The Hall–Kier alpha value is -1.92. The normalized spacial score (nSPS) is 10.5. The van der Waals surface area contributed by atoms with Crippen molar-refractivity contribution in [2.24, 2.45) is 0 Å². The number of nitrogens with one attached hydrogen (secondary N) is 1. The fraction of sp³-hybridized carbons (Fsp3) is 0.333. The first-order valence-corrected chi connectivity index (χ1v) is 8.36. The Bertz CT molecular complexity index is 691. The van der Waals surface area contributed by atoms with E-state index in [2.05, 4.69) is 21.2 Å². The molecule has 2 N–H and O–H groups in total. The Balaban J connectivity index is 1.97. The molecule has 0 fully saturated rings. The van der Waals surface area contributed by atoms with Crippen LogP contribution in [0.2, 0.25) is 0 Å². The van der Waals surface area contributed by atoms with Gasteiger partial charge in [-0.25, -0.2) is 0 Å². The number of phenolic OH excluding ortho intramolecular Hbond substituents is 1. The van der Waals surface area contributed by atoms with Crippen molar-refractivity contribution < 1.29 is 19.3 Å². The molecular weight excluding hydrogens is 374 g/mol. The fourth-order valence-electron chi connectivity index (χ4n) is 2.44. The van der Waals surface area contributed by atoms with Gasteiger partial charge in [-0.2, -0.15) is 0 Å². The van der Waals surface area contributed by atoms with Crippen LogP contribution < -0.4 is 19.5 Å². The van der Waals surface area contributed by atoms with Crippen LogP contribution in [-0.2, 0) is 13.0 Å². The predicted octanol–water partition coefficient (Wildman–Crippen LogP) is 3.51. The summed E-state index contributed by atoms with van der Waals surface area (Å²) in [6.07, 6.45) is 0.775. The van der Waals surface area contributed by atoms with Crippen LogP contribution in [0.5, 0.6) is 23.0 Å². The van der Waals surface area contributed by atoms with Crippen LogP contribution in [0.4, 0.5) is 0 Å². The van der Waals surface area contributed by atoms with Gasteiger partial charge >= 0.3 is 0 Å². The van der Waals surface area contributed by atoms with Crippen LogP contribution >= 0.6 is 15.9 Å². The molecule has 0 unspecified atom stereocenters. The van der Waals surface area contributed by atoms with Crippen molar-refractivity contribution in [3.63, 3.8) is 0 Å². The largest absolute Gasteiger partial charge is 0.504 e. The van der Waals surface area contributed by atoms with Gasteiger partial charge in [0.2, 0.25) is 0 Å². The highest BCUT2D eigenvalue weighted by atomic mass is 79.9. The second-order valence-corrected chi connectivity index (χ2v) is 6.05. The Morgan fingerprint density at radius 1 is 0.958 bits per heavy atom. The van der Waals surface area contributed by atoms with E-state index in [0.717, 1.165) is 40.1 Å². The molecule has 0 heterocycles. The van der Waals surface area contributed by atoms with Crippen LogP contribution in [-0.4, -0.2) is 33.0 Å². The van der Waals surface area contributed by atoms with E-state index in [1.807, 2.05) is 24.3 Å². The van der Waals surface area contributed by atoms with E-state index < -0.39 is 0 Å². The van der Waals surface area contributed by atoms with E-state index in [1.54, 1.807) is 27.4 Å². The molecule has 2 rings (SSSR count). The maximum absolute atomic E-state index is 10.1. The number of hydrogen-bond donors (Lipinski definition) is 2. The molecule has 2 aromatic carbocycles.